The summed E-state index contributed by atoms with van der Waals surface area (Å²) in [5, 5.41) is 22.8. The molecule has 2 aliphatic rings. The van der Waals surface area contributed by atoms with Crippen molar-refractivity contribution in [2.45, 2.75) is 31.7 Å². The molecule has 2 aliphatic heterocycles. The van der Waals surface area contributed by atoms with Gasteiger partial charge in [-0.2, -0.15) is 8.62 Å². The van der Waals surface area contributed by atoms with E-state index in [1.54, 1.807) is 6.92 Å². The minimum Gasteiger partial charge on any atom is -0.390 e. The van der Waals surface area contributed by atoms with Gasteiger partial charge >= 0.3 is 23.5 Å². The molecule has 1 saturated heterocycles. The van der Waals surface area contributed by atoms with E-state index in [1.807, 2.05) is 0 Å². The van der Waals surface area contributed by atoms with Crippen molar-refractivity contribution in [3.63, 3.8) is 0 Å². The molecular weight excluding hydrogens is 481 g/mol. The molecule has 0 aromatic carbocycles. The maximum Gasteiger partial charge on any atom is 0.490 e. The van der Waals surface area contributed by atoms with Gasteiger partial charge in [-0.05, 0) is 6.08 Å². The second kappa shape index (κ2) is 9.07. The van der Waals surface area contributed by atoms with Crippen LogP contribution in [0.2, 0.25) is 0 Å². The molecule has 7 N–H and O–H groups in total. The molecule has 0 aromatic heterocycles. The zero-order chi connectivity index (χ0) is 22.2. The molecule has 0 saturated carbocycles. The number of hydrogen-bond donors (Lipinski definition) is 7. The van der Waals surface area contributed by atoms with Gasteiger partial charge in [-0.3, -0.25) is 4.52 Å². The Hall–Kier alpha value is -0.280. The van der Waals surface area contributed by atoms with Gasteiger partial charge in [0, 0.05) is 12.1 Å². The molecule has 168 valence electrons. The first-order valence-electron chi connectivity index (χ1n) is 7.66. The minimum atomic E-state index is -5.65. The van der Waals surface area contributed by atoms with Crippen LogP contribution in [0.3, 0.4) is 0 Å². The van der Waals surface area contributed by atoms with Crippen LogP contribution >= 0.6 is 35.7 Å². The fourth-order valence-electron chi connectivity index (χ4n) is 2.55. The van der Waals surface area contributed by atoms with E-state index in [1.165, 1.54) is 17.2 Å². The van der Waals surface area contributed by atoms with E-state index in [9.17, 15) is 28.8 Å². The second-order valence-corrected chi connectivity index (χ2v) is 10.8. The quantitative estimate of drug-likeness (QED) is 0.158. The van der Waals surface area contributed by atoms with Gasteiger partial charge in [-0.1, -0.05) is 19.1 Å². The Morgan fingerprint density at radius 1 is 1.17 bits per heavy atom. The standard InChI is InChI=1S/C10H19N2O13P3S/c1-5-8(13)6(23-9(5)12-3-2-7(29)11-10(12)14)4-22-27(18,19)25-28(20,21)24-26(15,16)17/h2-3,5-6,8-10,13-14H,4H2,1H3,(H,11,29)(H,18,19)(H,20,21)(H2,15,16,17)/t5?,6-,8-,9-,10?/m1/s1. The van der Waals surface area contributed by atoms with E-state index >= 15 is 0 Å². The third-order valence-corrected chi connectivity index (χ3v) is 7.80. The Bertz CT molecular complexity index is 804. The van der Waals surface area contributed by atoms with Gasteiger partial charge in [-0.15, -0.1) is 0 Å². The van der Waals surface area contributed by atoms with E-state index in [2.05, 4.69) is 18.5 Å². The lowest BCUT2D eigenvalue weighted by molar-refractivity contribution is -0.123. The number of thiocarbonyl (C=S) groups is 1. The first-order valence-corrected chi connectivity index (χ1v) is 12.6. The Balaban J connectivity index is 1.99. The Morgan fingerprint density at radius 2 is 1.79 bits per heavy atom. The van der Waals surface area contributed by atoms with Crippen molar-refractivity contribution in [1.29, 1.82) is 0 Å². The predicted octanol–water partition coefficient (Wildman–Crippen LogP) is -0.926. The van der Waals surface area contributed by atoms with Crippen molar-refractivity contribution in [3.8, 4) is 0 Å². The van der Waals surface area contributed by atoms with Crippen LogP contribution in [-0.4, -0.2) is 71.1 Å². The number of ether oxygens (including phenoxy) is 1. The number of aliphatic hydroxyl groups is 2. The Labute approximate surface area is 169 Å². The largest absolute Gasteiger partial charge is 0.490 e. The van der Waals surface area contributed by atoms with Gasteiger partial charge in [0.1, 0.15) is 17.3 Å². The molecule has 0 radical (unpaired) electrons. The summed E-state index contributed by atoms with van der Waals surface area (Å²) in [5.74, 6) is -0.628. The third kappa shape index (κ3) is 7.13. The summed E-state index contributed by atoms with van der Waals surface area (Å²) in [6, 6.07) is 0. The van der Waals surface area contributed by atoms with Crippen molar-refractivity contribution in [3.05, 3.63) is 12.3 Å². The smallest absolute Gasteiger partial charge is 0.390 e. The summed E-state index contributed by atoms with van der Waals surface area (Å²) in [4.78, 5) is 37.1. The number of rotatable bonds is 8. The molecule has 2 rings (SSSR count). The van der Waals surface area contributed by atoms with Crippen LogP contribution < -0.4 is 5.32 Å². The van der Waals surface area contributed by atoms with Gasteiger partial charge in [0.25, 0.3) is 0 Å². The lowest BCUT2D eigenvalue weighted by Crippen LogP contribution is -2.53. The van der Waals surface area contributed by atoms with E-state index in [4.69, 9.17) is 31.6 Å². The molecule has 0 spiro atoms. The Morgan fingerprint density at radius 3 is 2.34 bits per heavy atom. The van der Waals surface area contributed by atoms with Gasteiger partial charge in [0.2, 0.25) is 6.35 Å². The van der Waals surface area contributed by atoms with Crippen LogP contribution in [0.1, 0.15) is 6.92 Å². The molecule has 0 aromatic rings. The highest BCUT2D eigenvalue weighted by Gasteiger charge is 2.47. The van der Waals surface area contributed by atoms with Crippen molar-refractivity contribution in [2.24, 2.45) is 5.92 Å². The average Bonchev–Trinajstić information content (AvgIpc) is 2.78. The third-order valence-electron chi connectivity index (χ3n) is 3.75. The molecule has 4 unspecified atom stereocenters. The van der Waals surface area contributed by atoms with E-state index in [-0.39, 0.29) is 4.99 Å². The minimum absolute atomic E-state index is 0.268. The van der Waals surface area contributed by atoms with Gasteiger partial charge in [0.05, 0.1) is 12.7 Å². The summed E-state index contributed by atoms with van der Waals surface area (Å²) in [7, 11) is -16.5. The number of phosphoric ester groups is 1. The fraction of sp³-hybridized carbons (Fsp3) is 0.700. The molecule has 15 nitrogen and oxygen atoms in total. The van der Waals surface area contributed by atoms with Crippen LogP contribution in [0.5, 0.6) is 0 Å². The van der Waals surface area contributed by atoms with Crippen LogP contribution in [0.25, 0.3) is 0 Å². The SMILES string of the molecule is CC1[C@@H](O)[C@@H](COP(=O)(O)OP(=O)(O)OP(=O)(O)O)O[C@H]1N1C=CC(=S)NC1O. The van der Waals surface area contributed by atoms with Gasteiger partial charge in [0.15, 0.2) is 0 Å². The molecule has 0 bridgehead atoms. The molecule has 19 heteroatoms. The van der Waals surface area contributed by atoms with Crippen LogP contribution in [-0.2, 0) is 31.6 Å². The maximum absolute atomic E-state index is 11.8. The average molecular weight is 500 g/mol. The van der Waals surface area contributed by atoms with Gasteiger partial charge in [-0.25, -0.2) is 13.7 Å². The lowest BCUT2D eigenvalue weighted by Gasteiger charge is -2.36. The van der Waals surface area contributed by atoms with Crippen LogP contribution in [0, 0.1) is 5.92 Å². The van der Waals surface area contributed by atoms with Crippen molar-refractivity contribution < 1.29 is 61.4 Å². The number of hydrogen-bond acceptors (Lipinski definition) is 11. The van der Waals surface area contributed by atoms with E-state index in [0.29, 0.717) is 0 Å². The monoisotopic (exact) mass is 500 g/mol. The number of aliphatic hydroxyl groups excluding tert-OH is 2. The second-order valence-electron chi connectivity index (χ2n) is 5.95. The lowest BCUT2D eigenvalue weighted by atomic mass is 10.0. The topological polar surface area (TPSA) is 225 Å². The van der Waals surface area contributed by atoms with Crippen molar-refractivity contribution >= 4 is 40.7 Å². The van der Waals surface area contributed by atoms with E-state index < -0.39 is 60.8 Å². The highest BCUT2D eigenvalue weighted by atomic mass is 32.1. The normalized spacial score (nSPS) is 34.5. The first-order chi connectivity index (χ1) is 13.1. The van der Waals surface area contributed by atoms with Crippen molar-refractivity contribution in [1.82, 2.24) is 10.2 Å². The summed E-state index contributed by atoms with van der Waals surface area (Å²) >= 11 is 4.88. The molecular formula is C10H19N2O13P3S. The number of nitrogens with zero attached hydrogens (tertiary/aromatic N) is 1. The summed E-state index contributed by atoms with van der Waals surface area (Å²) in [6.45, 7) is 0.749. The first kappa shape index (κ1) is 25.0. The zero-order valence-corrected chi connectivity index (χ0v) is 18.0. The molecule has 0 amide bonds. The molecule has 7 atom stereocenters. The molecule has 29 heavy (non-hydrogen) atoms. The summed E-state index contributed by atoms with van der Waals surface area (Å²) < 4.78 is 50.8. The maximum atomic E-state index is 11.8. The summed E-state index contributed by atoms with van der Waals surface area (Å²) in [5.41, 5.74) is 0. The Kier molecular flexibility index (Phi) is 7.81. The molecule has 2 heterocycles. The van der Waals surface area contributed by atoms with Crippen LogP contribution in [0.15, 0.2) is 12.3 Å². The van der Waals surface area contributed by atoms with Crippen molar-refractivity contribution in [2.75, 3.05) is 6.61 Å². The predicted molar refractivity (Wildman–Crippen MR) is 96.4 cm³/mol. The highest BCUT2D eigenvalue weighted by molar-refractivity contribution is 7.80. The van der Waals surface area contributed by atoms with Gasteiger partial charge < -0.3 is 44.7 Å². The zero-order valence-electron chi connectivity index (χ0n) is 14.5. The summed E-state index contributed by atoms with van der Waals surface area (Å²) in [6.07, 6.45) is -1.76. The highest BCUT2D eigenvalue weighted by Crippen LogP contribution is 2.66. The molecule has 0 aliphatic carbocycles. The fourth-order valence-corrected chi connectivity index (χ4v) is 5.75. The van der Waals surface area contributed by atoms with Crippen LogP contribution in [0.4, 0.5) is 0 Å². The number of nitrogens with one attached hydrogen (secondary N) is 1. The molecule has 1 fully saturated rings. The van der Waals surface area contributed by atoms with E-state index in [0.717, 1.165) is 0 Å². The number of phosphoric acid groups is 3.